The molecule has 0 radical (unpaired) electrons. The molecular formula is C25H36FN5O6. The molecule has 204 valence electrons. The lowest BCUT2D eigenvalue weighted by Crippen LogP contribution is -2.65. The maximum Gasteiger partial charge on any atom is 0.247 e. The SMILES string of the molecule is CC(O)C(N)C(=O)N1CCC[C@H]1C(=O)N1CCC[C@]1(Cc1cccc(F)c1)C(=O)NC(C(N)=O)C(C)O. The summed E-state index contributed by atoms with van der Waals surface area (Å²) >= 11 is 0. The molecular weight excluding hydrogens is 485 g/mol. The fraction of sp³-hybridized carbons (Fsp3) is 0.600. The van der Waals surface area contributed by atoms with E-state index in [1.54, 1.807) is 6.07 Å². The van der Waals surface area contributed by atoms with Crippen molar-refractivity contribution in [3.05, 3.63) is 35.6 Å². The van der Waals surface area contributed by atoms with Crippen LogP contribution in [0.1, 0.15) is 45.1 Å². The number of aliphatic hydroxyl groups is 2. The summed E-state index contributed by atoms with van der Waals surface area (Å²) in [6.45, 7) is 3.17. The van der Waals surface area contributed by atoms with Crippen molar-refractivity contribution in [2.45, 2.75) is 81.8 Å². The van der Waals surface area contributed by atoms with Crippen molar-refractivity contribution in [1.82, 2.24) is 15.1 Å². The molecule has 0 aliphatic carbocycles. The first kappa shape index (κ1) is 28.5. The molecule has 0 spiro atoms. The first-order valence-corrected chi connectivity index (χ1v) is 12.5. The number of amides is 4. The van der Waals surface area contributed by atoms with Crippen LogP contribution < -0.4 is 16.8 Å². The second-order valence-corrected chi connectivity index (χ2v) is 9.98. The van der Waals surface area contributed by atoms with Crippen LogP contribution in [0.4, 0.5) is 4.39 Å². The summed E-state index contributed by atoms with van der Waals surface area (Å²) in [5.41, 5.74) is 10.2. The molecule has 1 aromatic carbocycles. The number of likely N-dealkylation sites (tertiary alicyclic amines) is 2. The number of hydrogen-bond acceptors (Lipinski definition) is 7. The third-order valence-electron chi connectivity index (χ3n) is 7.26. The summed E-state index contributed by atoms with van der Waals surface area (Å²) in [7, 11) is 0. The van der Waals surface area contributed by atoms with Crippen LogP contribution in [0.15, 0.2) is 24.3 Å². The van der Waals surface area contributed by atoms with Gasteiger partial charge in [-0.05, 0) is 57.2 Å². The molecule has 2 aliphatic rings. The minimum atomic E-state index is -1.52. The van der Waals surface area contributed by atoms with Gasteiger partial charge in [-0.1, -0.05) is 12.1 Å². The summed E-state index contributed by atoms with van der Waals surface area (Å²) < 4.78 is 14.0. The maximum atomic E-state index is 14.0. The van der Waals surface area contributed by atoms with E-state index in [4.69, 9.17) is 11.5 Å². The molecule has 2 heterocycles. The van der Waals surface area contributed by atoms with Gasteiger partial charge in [-0.25, -0.2) is 4.39 Å². The van der Waals surface area contributed by atoms with Crippen LogP contribution in [0.5, 0.6) is 0 Å². The zero-order valence-corrected chi connectivity index (χ0v) is 21.1. The average molecular weight is 522 g/mol. The van der Waals surface area contributed by atoms with Crippen molar-refractivity contribution in [1.29, 1.82) is 0 Å². The summed E-state index contributed by atoms with van der Waals surface area (Å²) in [4.78, 5) is 55.2. The van der Waals surface area contributed by atoms with E-state index >= 15 is 0 Å². The Bertz CT molecular complexity index is 1040. The van der Waals surface area contributed by atoms with Crippen LogP contribution in [-0.4, -0.2) is 92.6 Å². The lowest BCUT2D eigenvalue weighted by Gasteiger charge is -2.41. The van der Waals surface area contributed by atoms with Crippen molar-refractivity contribution in [2.24, 2.45) is 11.5 Å². The Morgan fingerprint density at radius 1 is 1.16 bits per heavy atom. The Morgan fingerprint density at radius 2 is 1.86 bits per heavy atom. The van der Waals surface area contributed by atoms with Gasteiger partial charge in [-0.15, -0.1) is 0 Å². The number of carbonyl (C=O) groups excluding carboxylic acids is 4. The van der Waals surface area contributed by atoms with Gasteiger partial charge >= 0.3 is 0 Å². The van der Waals surface area contributed by atoms with E-state index in [0.717, 1.165) is 0 Å². The molecule has 0 aromatic heterocycles. The summed E-state index contributed by atoms with van der Waals surface area (Å²) in [6, 6.07) is 2.17. The van der Waals surface area contributed by atoms with E-state index in [-0.39, 0.29) is 25.9 Å². The fourth-order valence-corrected chi connectivity index (χ4v) is 5.25. The number of nitrogens with two attached hydrogens (primary N) is 2. The molecule has 2 saturated heterocycles. The van der Waals surface area contributed by atoms with Crippen molar-refractivity contribution in [2.75, 3.05) is 13.1 Å². The minimum absolute atomic E-state index is 0.0541. The highest BCUT2D eigenvalue weighted by Gasteiger charge is 2.53. The van der Waals surface area contributed by atoms with E-state index in [1.807, 2.05) is 0 Å². The Kier molecular flexibility index (Phi) is 8.88. The second-order valence-electron chi connectivity index (χ2n) is 9.98. The van der Waals surface area contributed by atoms with Gasteiger partial charge in [0, 0.05) is 19.5 Å². The molecule has 2 aliphatic heterocycles. The zero-order chi connectivity index (χ0) is 27.5. The number of nitrogens with one attached hydrogen (secondary N) is 1. The number of carbonyl (C=O) groups is 4. The van der Waals surface area contributed by atoms with E-state index in [2.05, 4.69) is 5.32 Å². The molecule has 7 N–H and O–H groups in total. The molecule has 0 bridgehead atoms. The zero-order valence-electron chi connectivity index (χ0n) is 21.1. The molecule has 2 fully saturated rings. The first-order valence-electron chi connectivity index (χ1n) is 12.5. The van der Waals surface area contributed by atoms with Crippen LogP contribution in [0.25, 0.3) is 0 Å². The molecule has 1 aromatic rings. The molecule has 11 nitrogen and oxygen atoms in total. The molecule has 0 saturated carbocycles. The first-order chi connectivity index (χ1) is 17.4. The van der Waals surface area contributed by atoms with Crippen molar-refractivity contribution in [3.63, 3.8) is 0 Å². The summed E-state index contributed by atoms with van der Waals surface area (Å²) in [5, 5.41) is 22.3. The van der Waals surface area contributed by atoms with E-state index in [9.17, 15) is 33.8 Å². The topological polar surface area (TPSA) is 179 Å². The van der Waals surface area contributed by atoms with Gasteiger partial charge in [0.1, 0.15) is 29.5 Å². The predicted molar refractivity (Wildman–Crippen MR) is 131 cm³/mol. The van der Waals surface area contributed by atoms with Crippen molar-refractivity contribution < 1.29 is 33.8 Å². The highest BCUT2D eigenvalue weighted by Crippen LogP contribution is 2.36. The third-order valence-corrected chi connectivity index (χ3v) is 7.26. The molecule has 3 rings (SSSR count). The number of benzene rings is 1. The minimum Gasteiger partial charge on any atom is -0.391 e. The third kappa shape index (κ3) is 5.91. The van der Waals surface area contributed by atoms with Gasteiger partial charge < -0.3 is 36.8 Å². The normalized spacial score (nSPS) is 24.9. The number of rotatable bonds is 9. The number of hydrogen-bond donors (Lipinski definition) is 5. The standard InChI is InChI=1S/C25H36FN5O6/c1-14(32)19(27)23(36)30-10-4-8-18(30)22(35)31-11-5-9-25(31,13-16-6-3-7-17(26)12-16)24(37)29-20(15(2)33)21(28)34/h3,6-7,12,14-15,18-20,32-33H,4-5,8-11,13,27H2,1-2H3,(H2,28,34)(H,29,37)/t14?,15?,18-,19?,20?,25-/m0/s1. The quantitative estimate of drug-likeness (QED) is 0.270. The van der Waals surface area contributed by atoms with E-state index < -0.39 is 65.3 Å². The Hall–Kier alpha value is -3.09. The van der Waals surface area contributed by atoms with Gasteiger partial charge in [-0.2, -0.15) is 0 Å². The molecule has 6 atom stereocenters. The van der Waals surface area contributed by atoms with Crippen LogP contribution in [0.3, 0.4) is 0 Å². The van der Waals surface area contributed by atoms with E-state index in [0.29, 0.717) is 24.8 Å². The Labute approximate surface area is 215 Å². The molecule has 4 unspecified atom stereocenters. The van der Waals surface area contributed by atoms with Gasteiger partial charge in [0.05, 0.1) is 12.2 Å². The summed E-state index contributed by atoms with van der Waals surface area (Å²) in [6.07, 6.45) is -0.914. The molecule has 4 amide bonds. The van der Waals surface area contributed by atoms with Gasteiger partial charge in [0.25, 0.3) is 0 Å². The second kappa shape index (κ2) is 11.5. The van der Waals surface area contributed by atoms with Gasteiger partial charge in [0.2, 0.25) is 23.6 Å². The number of nitrogens with zero attached hydrogens (tertiary/aromatic N) is 2. The van der Waals surface area contributed by atoms with Crippen LogP contribution in [-0.2, 0) is 25.6 Å². The number of primary amides is 1. The number of halogens is 1. The van der Waals surface area contributed by atoms with Gasteiger partial charge in [0.15, 0.2) is 0 Å². The fourth-order valence-electron chi connectivity index (χ4n) is 5.25. The van der Waals surface area contributed by atoms with Crippen LogP contribution in [0.2, 0.25) is 0 Å². The number of aliphatic hydroxyl groups excluding tert-OH is 2. The van der Waals surface area contributed by atoms with E-state index in [1.165, 1.54) is 41.8 Å². The van der Waals surface area contributed by atoms with Crippen LogP contribution in [0, 0.1) is 5.82 Å². The predicted octanol–water partition coefficient (Wildman–Crippen LogP) is -1.22. The molecule has 37 heavy (non-hydrogen) atoms. The molecule has 12 heteroatoms. The van der Waals surface area contributed by atoms with Crippen LogP contribution >= 0.6 is 0 Å². The highest BCUT2D eigenvalue weighted by molar-refractivity contribution is 5.98. The monoisotopic (exact) mass is 521 g/mol. The smallest absolute Gasteiger partial charge is 0.247 e. The van der Waals surface area contributed by atoms with Crippen molar-refractivity contribution >= 4 is 23.6 Å². The van der Waals surface area contributed by atoms with Crippen molar-refractivity contribution in [3.8, 4) is 0 Å². The highest BCUT2D eigenvalue weighted by atomic mass is 19.1. The maximum absolute atomic E-state index is 14.0. The Balaban J connectivity index is 1.98. The Morgan fingerprint density at radius 3 is 2.46 bits per heavy atom. The average Bonchev–Trinajstić information content (AvgIpc) is 3.48. The summed E-state index contributed by atoms with van der Waals surface area (Å²) in [5.74, 6) is -3.19. The largest absolute Gasteiger partial charge is 0.391 e. The van der Waals surface area contributed by atoms with Gasteiger partial charge in [-0.3, -0.25) is 19.2 Å². The lowest BCUT2D eigenvalue weighted by atomic mass is 9.86. The lowest BCUT2D eigenvalue weighted by molar-refractivity contribution is -0.152.